The molecule has 1 N–H and O–H groups in total. The fourth-order valence-corrected chi connectivity index (χ4v) is 3.14. The van der Waals surface area contributed by atoms with Crippen LogP contribution in [0.15, 0.2) is 24.3 Å². The Bertz CT molecular complexity index is 461. The van der Waals surface area contributed by atoms with E-state index in [4.69, 9.17) is 11.6 Å². The Morgan fingerprint density at radius 3 is 2.61 bits per heavy atom. The minimum absolute atomic E-state index is 0.205. The van der Waals surface area contributed by atoms with Crippen molar-refractivity contribution in [2.24, 2.45) is 0 Å². The number of rotatable bonds is 3. The lowest BCUT2D eigenvalue weighted by molar-refractivity contribution is -0.124. The van der Waals surface area contributed by atoms with Gasteiger partial charge >= 0.3 is 0 Å². The lowest BCUT2D eigenvalue weighted by atomic mass is 9.94. The van der Waals surface area contributed by atoms with Gasteiger partial charge in [0.1, 0.15) is 0 Å². The van der Waals surface area contributed by atoms with E-state index in [0.29, 0.717) is 11.1 Å². The molecule has 0 unspecified atom stereocenters. The molecule has 2 aliphatic rings. The van der Waals surface area contributed by atoms with Crippen LogP contribution in [-0.2, 0) is 10.2 Å². The number of hydrogen-bond donors (Lipinski definition) is 1. The number of carbonyl (C=O) groups is 1. The molecule has 1 aromatic carbocycles. The van der Waals surface area contributed by atoms with Crippen molar-refractivity contribution in [1.29, 1.82) is 0 Å². The minimum atomic E-state index is -0.284. The standard InChI is InChI=1S/C15H18ClNO/c16-12-5-3-4-11(10-12)15(8-9-15)14(18)17-13-6-1-2-7-13/h3-5,10,13H,1-2,6-9H2,(H,17,18). The zero-order valence-electron chi connectivity index (χ0n) is 10.4. The van der Waals surface area contributed by atoms with Crippen molar-refractivity contribution in [3.63, 3.8) is 0 Å². The molecule has 2 aliphatic carbocycles. The van der Waals surface area contributed by atoms with Crippen molar-refractivity contribution in [3.8, 4) is 0 Å². The van der Waals surface area contributed by atoms with E-state index < -0.39 is 0 Å². The zero-order chi connectivity index (χ0) is 12.6. The second-order valence-corrected chi connectivity index (χ2v) is 5.98. The molecule has 0 aliphatic heterocycles. The molecular formula is C15H18ClNO. The van der Waals surface area contributed by atoms with E-state index in [0.717, 1.165) is 31.2 Å². The van der Waals surface area contributed by atoms with Crippen LogP contribution in [0.1, 0.15) is 44.1 Å². The number of halogens is 1. The van der Waals surface area contributed by atoms with E-state index in [1.165, 1.54) is 12.8 Å². The number of amides is 1. The minimum Gasteiger partial charge on any atom is -0.353 e. The van der Waals surface area contributed by atoms with Gasteiger partial charge in [-0.05, 0) is 43.4 Å². The summed E-state index contributed by atoms with van der Waals surface area (Å²) in [4.78, 5) is 12.4. The molecule has 1 amide bonds. The third kappa shape index (κ3) is 2.14. The Morgan fingerprint density at radius 1 is 1.28 bits per heavy atom. The van der Waals surface area contributed by atoms with Gasteiger partial charge in [0, 0.05) is 11.1 Å². The molecule has 18 heavy (non-hydrogen) atoms. The first kappa shape index (κ1) is 12.0. The van der Waals surface area contributed by atoms with Crippen molar-refractivity contribution < 1.29 is 4.79 Å². The molecule has 3 heteroatoms. The predicted octanol–water partition coefficient (Wildman–Crippen LogP) is 3.43. The third-order valence-electron chi connectivity index (χ3n) is 4.25. The van der Waals surface area contributed by atoms with Crippen molar-refractivity contribution >= 4 is 17.5 Å². The van der Waals surface area contributed by atoms with E-state index in [-0.39, 0.29) is 11.3 Å². The molecular weight excluding hydrogens is 246 g/mol. The predicted molar refractivity (Wildman–Crippen MR) is 72.8 cm³/mol. The van der Waals surface area contributed by atoms with Crippen LogP contribution in [0, 0.1) is 0 Å². The number of hydrogen-bond acceptors (Lipinski definition) is 1. The second kappa shape index (κ2) is 4.58. The maximum absolute atomic E-state index is 12.4. The van der Waals surface area contributed by atoms with E-state index in [2.05, 4.69) is 5.32 Å². The number of carbonyl (C=O) groups excluding carboxylic acids is 1. The van der Waals surface area contributed by atoms with Gasteiger partial charge in [0.15, 0.2) is 0 Å². The van der Waals surface area contributed by atoms with Gasteiger partial charge in [-0.2, -0.15) is 0 Å². The SMILES string of the molecule is O=C(NC1CCCC1)C1(c2cccc(Cl)c2)CC1. The lowest BCUT2D eigenvalue weighted by Crippen LogP contribution is -2.40. The van der Waals surface area contributed by atoms with Crippen molar-refractivity contribution in [1.82, 2.24) is 5.32 Å². The molecule has 0 aromatic heterocycles. The molecule has 0 spiro atoms. The smallest absolute Gasteiger partial charge is 0.230 e. The van der Waals surface area contributed by atoms with Gasteiger partial charge in [-0.15, -0.1) is 0 Å². The molecule has 2 fully saturated rings. The summed E-state index contributed by atoms with van der Waals surface area (Å²) in [6.45, 7) is 0. The molecule has 0 atom stereocenters. The fourth-order valence-electron chi connectivity index (χ4n) is 2.95. The summed E-state index contributed by atoms with van der Waals surface area (Å²) in [7, 11) is 0. The molecule has 0 radical (unpaired) electrons. The third-order valence-corrected chi connectivity index (χ3v) is 4.49. The normalized spacial score (nSPS) is 21.8. The summed E-state index contributed by atoms with van der Waals surface area (Å²) < 4.78 is 0. The number of benzene rings is 1. The van der Waals surface area contributed by atoms with Crippen LogP contribution in [0.3, 0.4) is 0 Å². The maximum atomic E-state index is 12.4. The molecule has 2 saturated carbocycles. The van der Waals surface area contributed by atoms with Crippen LogP contribution in [-0.4, -0.2) is 11.9 Å². The highest BCUT2D eigenvalue weighted by atomic mass is 35.5. The first-order valence-corrected chi connectivity index (χ1v) is 7.15. The summed E-state index contributed by atoms with van der Waals surface area (Å²) in [5.74, 6) is 0.205. The van der Waals surface area contributed by atoms with Crippen LogP contribution >= 0.6 is 11.6 Å². The average molecular weight is 264 g/mol. The molecule has 3 rings (SSSR count). The average Bonchev–Trinajstić information content (AvgIpc) is 3.03. The van der Waals surface area contributed by atoms with Gasteiger partial charge in [-0.25, -0.2) is 0 Å². The summed E-state index contributed by atoms with van der Waals surface area (Å²) in [5, 5.41) is 3.93. The van der Waals surface area contributed by atoms with Crippen LogP contribution in [0.5, 0.6) is 0 Å². The topological polar surface area (TPSA) is 29.1 Å². The molecule has 0 heterocycles. The van der Waals surface area contributed by atoms with E-state index in [1.807, 2.05) is 24.3 Å². The zero-order valence-corrected chi connectivity index (χ0v) is 11.2. The van der Waals surface area contributed by atoms with Crippen LogP contribution < -0.4 is 5.32 Å². The van der Waals surface area contributed by atoms with Crippen molar-refractivity contribution in [2.75, 3.05) is 0 Å². The quantitative estimate of drug-likeness (QED) is 0.889. The van der Waals surface area contributed by atoms with Crippen LogP contribution in [0.25, 0.3) is 0 Å². The van der Waals surface area contributed by atoms with E-state index in [9.17, 15) is 4.79 Å². The van der Waals surface area contributed by atoms with E-state index >= 15 is 0 Å². The summed E-state index contributed by atoms with van der Waals surface area (Å²) >= 11 is 6.02. The van der Waals surface area contributed by atoms with Crippen molar-refractivity contribution in [2.45, 2.75) is 50.0 Å². The Kier molecular flexibility index (Phi) is 3.06. The Balaban J connectivity index is 1.75. The fraction of sp³-hybridized carbons (Fsp3) is 0.533. The van der Waals surface area contributed by atoms with E-state index in [1.54, 1.807) is 0 Å². The highest BCUT2D eigenvalue weighted by molar-refractivity contribution is 6.30. The summed E-state index contributed by atoms with van der Waals surface area (Å²) in [6.07, 6.45) is 6.66. The van der Waals surface area contributed by atoms with Gasteiger partial charge in [0.2, 0.25) is 5.91 Å². The summed E-state index contributed by atoms with van der Waals surface area (Å²) in [6, 6.07) is 8.14. The molecule has 0 bridgehead atoms. The maximum Gasteiger partial charge on any atom is 0.230 e. The van der Waals surface area contributed by atoms with Crippen molar-refractivity contribution in [3.05, 3.63) is 34.9 Å². The molecule has 96 valence electrons. The molecule has 2 nitrogen and oxygen atoms in total. The van der Waals surface area contributed by atoms with Crippen LogP contribution in [0.4, 0.5) is 0 Å². The largest absolute Gasteiger partial charge is 0.353 e. The first-order chi connectivity index (χ1) is 8.71. The molecule has 0 saturated heterocycles. The second-order valence-electron chi connectivity index (χ2n) is 5.55. The highest BCUT2D eigenvalue weighted by Gasteiger charge is 2.51. The highest BCUT2D eigenvalue weighted by Crippen LogP contribution is 2.49. The van der Waals surface area contributed by atoms with Gasteiger partial charge in [-0.3, -0.25) is 4.79 Å². The summed E-state index contributed by atoms with van der Waals surface area (Å²) in [5.41, 5.74) is 0.790. The van der Waals surface area contributed by atoms with Gasteiger partial charge < -0.3 is 5.32 Å². The first-order valence-electron chi connectivity index (χ1n) is 6.78. The van der Waals surface area contributed by atoms with Crippen LogP contribution in [0.2, 0.25) is 5.02 Å². The monoisotopic (exact) mass is 263 g/mol. The Labute approximate surface area is 113 Å². The lowest BCUT2D eigenvalue weighted by Gasteiger charge is -2.19. The molecule has 1 aromatic rings. The number of nitrogens with one attached hydrogen (secondary N) is 1. The van der Waals surface area contributed by atoms with Gasteiger partial charge in [0.25, 0.3) is 0 Å². The Hall–Kier alpha value is -1.02. The van der Waals surface area contributed by atoms with Gasteiger partial charge in [0.05, 0.1) is 5.41 Å². The Morgan fingerprint density at radius 2 is 2.00 bits per heavy atom. The van der Waals surface area contributed by atoms with Gasteiger partial charge in [-0.1, -0.05) is 36.6 Å².